The lowest BCUT2D eigenvalue weighted by molar-refractivity contribution is 0.289. The van der Waals surface area contributed by atoms with Gasteiger partial charge in [0.2, 0.25) is 0 Å². The first kappa shape index (κ1) is 10.2. The Kier molecular flexibility index (Phi) is 3.13. The van der Waals surface area contributed by atoms with Crippen molar-refractivity contribution in [2.45, 2.75) is 6.10 Å². The molecule has 0 unspecified atom stereocenters. The highest BCUT2D eigenvalue weighted by Crippen LogP contribution is 1.97. The molecule has 0 saturated heterocycles. The molecular weight excluding hydrogens is 204 g/mol. The van der Waals surface area contributed by atoms with E-state index in [-0.39, 0.29) is 0 Å². The largest absolute Gasteiger partial charge is 0.471 e. The summed E-state index contributed by atoms with van der Waals surface area (Å²) in [7, 11) is 0. The van der Waals surface area contributed by atoms with Gasteiger partial charge >= 0.3 is 0 Å². The Morgan fingerprint density at radius 3 is 1.81 bits per heavy atom. The van der Waals surface area contributed by atoms with E-state index in [0.29, 0.717) is 11.1 Å². The molecule has 0 radical (unpaired) electrons. The summed E-state index contributed by atoms with van der Waals surface area (Å²) in [5.41, 5.74) is 1.42. The van der Waals surface area contributed by atoms with Gasteiger partial charge in [-0.1, -0.05) is 23.7 Å². The number of hydrogen-bond acceptors (Lipinski definition) is 3. The molecular formula is C13H8O3. The van der Waals surface area contributed by atoms with E-state index < -0.39 is 6.10 Å². The molecule has 2 heterocycles. The molecule has 3 nitrogen and oxygen atoms in total. The van der Waals surface area contributed by atoms with Crippen molar-refractivity contribution in [1.29, 1.82) is 0 Å². The van der Waals surface area contributed by atoms with Crippen LogP contribution in [-0.2, 0) is 0 Å². The van der Waals surface area contributed by atoms with E-state index in [4.69, 9.17) is 8.83 Å². The van der Waals surface area contributed by atoms with Crippen LogP contribution in [0.15, 0.2) is 46.0 Å². The van der Waals surface area contributed by atoms with Crippen LogP contribution in [0, 0.1) is 23.7 Å². The lowest BCUT2D eigenvalue weighted by Crippen LogP contribution is -1.97. The van der Waals surface area contributed by atoms with Crippen LogP contribution in [0.1, 0.15) is 11.1 Å². The molecule has 2 aromatic heterocycles. The van der Waals surface area contributed by atoms with E-state index in [0.717, 1.165) is 0 Å². The van der Waals surface area contributed by atoms with Crippen LogP contribution in [0.25, 0.3) is 0 Å². The monoisotopic (exact) mass is 212 g/mol. The maximum absolute atomic E-state index is 9.44. The Morgan fingerprint density at radius 1 is 0.938 bits per heavy atom. The normalized spacial score (nSPS) is 9.12. The SMILES string of the molecule is OC(C#Cc1ccoc1)C#Cc1ccoc1. The fourth-order valence-corrected chi connectivity index (χ4v) is 1.01. The van der Waals surface area contributed by atoms with Gasteiger partial charge in [0.15, 0.2) is 6.10 Å². The minimum Gasteiger partial charge on any atom is -0.471 e. The van der Waals surface area contributed by atoms with Gasteiger partial charge in [0.1, 0.15) is 12.5 Å². The second-order valence-corrected chi connectivity index (χ2v) is 2.97. The van der Waals surface area contributed by atoms with Gasteiger partial charge in [-0.25, -0.2) is 0 Å². The van der Waals surface area contributed by atoms with Gasteiger partial charge in [-0.3, -0.25) is 0 Å². The van der Waals surface area contributed by atoms with Gasteiger partial charge in [-0.05, 0) is 12.1 Å². The summed E-state index contributed by atoms with van der Waals surface area (Å²) in [5.74, 6) is 10.6. The zero-order chi connectivity index (χ0) is 11.2. The summed E-state index contributed by atoms with van der Waals surface area (Å²) in [6, 6.07) is 3.42. The van der Waals surface area contributed by atoms with Crippen molar-refractivity contribution in [2.24, 2.45) is 0 Å². The van der Waals surface area contributed by atoms with Gasteiger partial charge < -0.3 is 13.9 Å². The lowest BCUT2D eigenvalue weighted by Gasteiger charge is -1.87. The van der Waals surface area contributed by atoms with Crippen molar-refractivity contribution in [2.75, 3.05) is 0 Å². The van der Waals surface area contributed by atoms with Gasteiger partial charge in [0.05, 0.1) is 23.7 Å². The number of aliphatic hydroxyl groups excluding tert-OH is 1. The summed E-state index contributed by atoms with van der Waals surface area (Å²) >= 11 is 0. The fourth-order valence-electron chi connectivity index (χ4n) is 1.01. The number of rotatable bonds is 0. The summed E-state index contributed by atoms with van der Waals surface area (Å²) < 4.78 is 9.67. The highest BCUT2D eigenvalue weighted by atomic mass is 16.3. The van der Waals surface area contributed by atoms with E-state index in [2.05, 4.69) is 23.7 Å². The van der Waals surface area contributed by atoms with E-state index in [1.165, 1.54) is 25.1 Å². The van der Waals surface area contributed by atoms with Gasteiger partial charge in [-0.2, -0.15) is 0 Å². The Labute approximate surface area is 92.7 Å². The minimum atomic E-state index is -0.982. The fraction of sp³-hybridized carbons (Fsp3) is 0.0769. The second-order valence-electron chi connectivity index (χ2n) is 2.97. The molecule has 0 saturated carbocycles. The molecule has 0 bridgehead atoms. The van der Waals surface area contributed by atoms with Crippen LogP contribution in [-0.4, -0.2) is 11.2 Å². The second kappa shape index (κ2) is 4.93. The summed E-state index contributed by atoms with van der Waals surface area (Å²) in [6.07, 6.45) is 5.07. The maximum Gasteiger partial charge on any atom is 0.177 e. The quantitative estimate of drug-likeness (QED) is 0.675. The van der Waals surface area contributed by atoms with Crippen LogP contribution < -0.4 is 0 Å². The highest BCUT2D eigenvalue weighted by molar-refractivity contribution is 5.37. The number of furan rings is 2. The van der Waals surface area contributed by atoms with Gasteiger partial charge in [0, 0.05) is 0 Å². The van der Waals surface area contributed by atoms with Crippen LogP contribution in [0.5, 0.6) is 0 Å². The minimum absolute atomic E-state index is 0.712. The molecule has 16 heavy (non-hydrogen) atoms. The molecule has 2 aromatic rings. The van der Waals surface area contributed by atoms with E-state index in [9.17, 15) is 5.11 Å². The molecule has 78 valence electrons. The van der Waals surface area contributed by atoms with Crippen LogP contribution in [0.2, 0.25) is 0 Å². The number of aliphatic hydroxyl groups is 1. The molecule has 2 rings (SSSR count). The Bertz CT molecular complexity index is 490. The average Bonchev–Trinajstić information content (AvgIpc) is 2.96. The first-order chi connectivity index (χ1) is 7.84. The first-order valence-corrected chi connectivity index (χ1v) is 4.60. The number of hydrogen-bond donors (Lipinski definition) is 1. The van der Waals surface area contributed by atoms with Crippen LogP contribution >= 0.6 is 0 Å². The van der Waals surface area contributed by atoms with Crippen molar-refractivity contribution in [3.63, 3.8) is 0 Å². The molecule has 0 aromatic carbocycles. The Hall–Kier alpha value is -2.36. The lowest BCUT2D eigenvalue weighted by atomic mass is 10.2. The third kappa shape index (κ3) is 2.81. The zero-order valence-electron chi connectivity index (χ0n) is 8.31. The van der Waals surface area contributed by atoms with Crippen molar-refractivity contribution in [3.8, 4) is 23.7 Å². The Balaban J connectivity index is 2.01. The summed E-state index contributed by atoms with van der Waals surface area (Å²) in [6.45, 7) is 0. The van der Waals surface area contributed by atoms with Crippen molar-refractivity contribution >= 4 is 0 Å². The molecule has 0 fully saturated rings. The van der Waals surface area contributed by atoms with E-state index in [1.54, 1.807) is 12.1 Å². The van der Waals surface area contributed by atoms with Gasteiger partial charge in [-0.15, -0.1) is 0 Å². The average molecular weight is 212 g/mol. The first-order valence-electron chi connectivity index (χ1n) is 4.60. The van der Waals surface area contributed by atoms with E-state index >= 15 is 0 Å². The summed E-state index contributed by atoms with van der Waals surface area (Å²) in [5, 5.41) is 9.44. The molecule has 0 aliphatic heterocycles. The third-order valence-corrected chi connectivity index (χ3v) is 1.75. The predicted octanol–water partition coefficient (Wildman–Crippen LogP) is 1.64. The molecule has 1 N–H and O–H groups in total. The predicted molar refractivity (Wildman–Crippen MR) is 57.2 cm³/mol. The topological polar surface area (TPSA) is 46.5 Å². The highest BCUT2D eigenvalue weighted by Gasteiger charge is 1.92. The van der Waals surface area contributed by atoms with Crippen molar-refractivity contribution < 1.29 is 13.9 Å². The smallest absolute Gasteiger partial charge is 0.177 e. The third-order valence-electron chi connectivity index (χ3n) is 1.75. The molecule has 0 aliphatic carbocycles. The van der Waals surface area contributed by atoms with Crippen LogP contribution in [0.3, 0.4) is 0 Å². The van der Waals surface area contributed by atoms with Crippen LogP contribution in [0.4, 0.5) is 0 Å². The molecule has 0 amide bonds. The Morgan fingerprint density at radius 2 is 1.44 bits per heavy atom. The van der Waals surface area contributed by atoms with E-state index in [1.807, 2.05) is 0 Å². The molecule has 3 heteroatoms. The van der Waals surface area contributed by atoms with Gasteiger partial charge in [0.25, 0.3) is 0 Å². The van der Waals surface area contributed by atoms with Crippen molar-refractivity contribution in [3.05, 3.63) is 48.3 Å². The zero-order valence-corrected chi connectivity index (χ0v) is 8.31. The molecule has 0 atom stereocenters. The maximum atomic E-state index is 9.44. The van der Waals surface area contributed by atoms with Crippen molar-refractivity contribution in [1.82, 2.24) is 0 Å². The summed E-state index contributed by atoms with van der Waals surface area (Å²) in [4.78, 5) is 0. The standard InChI is InChI=1S/C13H8O3/c14-13(3-1-11-5-7-15-9-11)4-2-12-6-8-16-10-12/h5-10,13-14H. The molecule has 0 aliphatic rings. The molecule has 0 spiro atoms.